The van der Waals surface area contributed by atoms with E-state index in [1.54, 1.807) is 0 Å². The quantitative estimate of drug-likeness (QED) is 0.690. The molecule has 0 aliphatic heterocycles. The van der Waals surface area contributed by atoms with Crippen LogP contribution in [0.1, 0.15) is 77.0 Å². The van der Waals surface area contributed by atoms with E-state index in [4.69, 9.17) is 5.73 Å². The molecule has 0 spiro atoms. The SMILES string of the molecule is CN(C)C1CCCC2C1CCCC2S(=O)(=O)NCC(N)CC1CCCCC1. The van der Waals surface area contributed by atoms with Crippen molar-refractivity contribution in [3.63, 3.8) is 0 Å². The minimum absolute atomic E-state index is 0.0526. The van der Waals surface area contributed by atoms with Crippen molar-refractivity contribution in [3.05, 3.63) is 0 Å². The summed E-state index contributed by atoms with van der Waals surface area (Å²) in [4.78, 5) is 2.32. The Morgan fingerprint density at radius 2 is 1.59 bits per heavy atom. The van der Waals surface area contributed by atoms with Gasteiger partial charge in [-0.2, -0.15) is 0 Å². The van der Waals surface area contributed by atoms with Gasteiger partial charge in [-0.15, -0.1) is 0 Å². The molecule has 3 fully saturated rings. The van der Waals surface area contributed by atoms with Crippen molar-refractivity contribution in [2.45, 2.75) is 94.4 Å². The standard InChI is InChI=1S/C21H41N3O2S/c1-24(2)20-12-6-11-19-18(20)10-7-13-21(19)27(25,26)23-15-17(22)14-16-8-4-3-5-9-16/h16-21,23H,3-15,22H2,1-2H3. The maximum Gasteiger partial charge on any atom is 0.214 e. The van der Waals surface area contributed by atoms with Crippen LogP contribution in [-0.2, 0) is 10.0 Å². The van der Waals surface area contributed by atoms with E-state index in [1.165, 1.54) is 44.9 Å². The average molecular weight is 400 g/mol. The second kappa shape index (κ2) is 9.55. The highest BCUT2D eigenvalue weighted by molar-refractivity contribution is 7.90. The van der Waals surface area contributed by atoms with Gasteiger partial charge in [-0.05, 0) is 64.0 Å². The fourth-order valence-electron chi connectivity index (χ4n) is 6.20. The van der Waals surface area contributed by atoms with Gasteiger partial charge < -0.3 is 10.6 Å². The molecule has 3 aliphatic rings. The van der Waals surface area contributed by atoms with Crippen LogP contribution in [0.15, 0.2) is 0 Å². The topological polar surface area (TPSA) is 75.4 Å². The van der Waals surface area contributed by atoms with Gasteiger partial charge in [0, 0.05) is 18.6 Å². The van der Waals surface area contributed by atoms with Crippen LogP contribution in [0.4, 0.5) is 0 Å². The maximum atomic E-state index is 13.1. The summed E-state index contributed by atoms with van der Waals surface area (Å²) in [5.41, 5.74) is 6.30. The minimum atomic E-state index is -3.29. The second-order valence-electron chi connectivity index (χ2n) is 9.65. The van der Waals surface area contributed by atoms with Crippen molar-refractivity contribution in [3.8, 4) is 0 Å². The number of nitrogens with two attached hydrogens (primary N) is 1. The normalized spacial score (nSPS) is 34.4. The lowest BCUT2D eigenvalue weighted by molar-refractivity contribution is 0.0713. The van der Waals surface area contributed by atoms with Crippen molar-refractivity contribution in [1.82, 2.24) is 9.62 Å². The Bertz CT molecular complexity index is 560. The van der Waals surface area contributed by atoms with Crippen LogP contribution in [0.5, 0.6) is 0 Å². The van der Waals surface area contributed by atoms with Crippen molar-refractivity contribution >= 4 is 10.0 Å². The molecular weight excluding hydrogens is 358 g/mol. The van der Waals surface area contributed by atoms with Gasteiger partial charge >= 0.3 is 0 Å². The van der Waals surface area contributed by atoms with E-state index in [0.717, 1.165) is 32.1 Å². The molecule has 27 heavy (non-hydrogen) atoms. The van der Waals surface area contributed by atoms with Crippen LogP contribution in [0, 0.1) is 17.8 Å². The molecule has 6 heteroatoms. The highest BCUT2D eigenvalue weighted by Crippen LogP contribution is 2.44. The molecule has 5 nitrogen and oxygen atoms in total. The minimum Gasteiger partial charge on any atom is -0.327 e. The van der Waals surface area contributed by atoms with Crippen LogP contribution in [-0.4, -0.2) is 51.3 Å². The predicted octanol–water partition coefficient (Wildman–Crippen LogP) is 3.10. The molecule has 0 aromatic carbocycles. The van der Waals surface area contributed by atoms with E-state index in [-0.39, 0.29) is 11.3 Å². The third-order valence-electron chi connectivity index (χ3n) is 7.55. The first-order valence-corrected chi connectivity index (χ1v) is 12.8. The van der Waals surface area contributed by atoms with E-state index in [1.807, 2.05) is 0 Å². The van der Waals surface area contributed by atoms with E-state index in [2.05, 4.69) is 23.7 Å². The molecule has 0 amide bonds. The Morgan fingerprint density at radius 3 is 2.30 bits per heavy atom. The first-order valence-electron chi connectivity index (χ1n) is 11.3. The number of rotatable bonds is 7. The van der Waals surface area contributed by atoms with Gasteiger partial charge in [-0.3, -0.25) is 0 Å². The van der Waals surface area contributed by atoms with Gasteiger partial charge in [-0.1, -0.05) is 44.9 Å². The summed E-state index contributed by atoms with van der Waals surface area (Å²) in [5, 5.41) is -0.221. The fraction of sp³-hybridized carbons (Fsp3) is 1.00. The number of nitrogens with zero attached hydrogens (tertiary/aromatic N) is 1. The van der Waals surface area contributed by atoms with E-state index in [0.29, 0.717) is 30.3 Å². The Morgan fingerprint density at radius 1 is 0.926 bits per heavy atom. The van der Waals surface area contributed by atoms with Crippen LogP contribution < -0.4 is 10.5 Å². The lowest BCUT2D eigenvalue weighted by atomic mass is 9.68. The summed E-state index contributed by atoms with van der Waals surface area (Å²) in [6, 6.07) is 0.485. The molecule has 5 atom stereocenters. The van der Waals surface area contributed by atoms with Gasteiger partial charge in [0.1, 0.15) is 0 Å². The third kappa shape index (κ3) is 5.46. The second-order valence-corrected chi connectivity index (χ2v) is 11.6. The summed E-state index contributed by atoms with van der Waals surface area (Å²) >= 11 is 0. The van der Waals surface area contributed by atoms with Gasteiger partial charge in [0.05, 0.1) is 5.25 Å². The van der Waals surface area contributed by atoms with Gasteiger partial charge in [0.25, 0.3) is 0 Å². The molecule has 0 bridgehead atoms. The Kier molecular flexibility index (Phi) is 7.62. The van der Waals surface area contributed by atoms with Gasteiger partial charge in [0.15, 0.2) is 0 Å². The first-order chi connectivity index (χ1) is 12.9. The molecule has 0 saturated heterocycles. The van der Waals surface area contributed by atoms with E-state index < -0.39 is 10.0 Å². The van der Waals surface area contributed by atoms with Crippen molar-refractivity contribution in [2.24, 2.45) is 23.5 Å². The largest absolute Gasteiger partial charge is 0.327 e. The van der Waals surface area contributed by atoms with E-state index in [9.17, 15) is 8.42 Å². The van der Waals surface area contributed by atoms with Crippen LogP contribution in [0.3, 0.4) is 0 Å². The summed E-state index contributed by atoms with van der Waals surface area (Å²) in [7, 11) is 1.01. The van der Waals surface area contributed by atoms with Crippen LogP contribution in [0.2, 0.25) is 0 Å². The zero-order valence-corrected chi connectivity index (χ0v) is 18.2. The smallest absolute Gasteiger partial charge is 0.214 e. The summed E-state index contributed by atoms with van der Waals surface area (Å²) < 4.78 is 29.2. The monoisotopic (exact) mass is 399 g/mol. The number of hydrogen-bond donors (Lipinski definition) is 2. The predicted molar refractivity (Wildman–Crippen MR) is 112 cm³/mol. The molecule has 5 unspecified atom stereocenters. The number of fused-ring (bicyclic) bond motifs is 1. The van der Waals surface area contributed by atoms with Crippen molar-refractivity contribution < 1.29 is 8.42 Å². The summed E-state index contributed by atoms with van der Waals surface area (Å²) in [6.07, 6.45) is 13.9. The highest BCUT2D eigenvalue weighted by atomic mass is 32.2. The van der Waals surface area contributed by atoms with Crippen LogP contribution >= 0.6 is 0 Å². The molecule has 3 rings (SSSR count). The molecule has 3 aliphatic carbocycles. The number of sulfonamides is 1. The van der Waals surface area contributed by atoms with Crippen LogP contribution in [0.25, 0.3) is 0 Å². The van der Waals surface area contributed by atoms with Crippen molar-refractivity contribution in [1.29, 1.82) is 0 Å². The highest BCUT2D eigenvalue weighted by Gasteiger charge is 2.45. The lowest BCUT2D eigenvalue weighted by Crippen LogP contribution is -2.52. The summed E-state index contributed by atoms with van der Waals surface area (Å²) in [5.74, 6) is 1.53. The molecule has 0 heterocycles. The molecule has 0 radical (unpaired) electrons. The summed E-state index contributed by atoms with van der Waals surface area (Å²) in [6.45, 7) is 0.407. The zero-order chi connectivity index (χ0) is 19.4. The molecule has 0 aromatic heterocycles. The molecule has 0 aromatic rings. The fourth-order valence-corrected chi connectivity index (χ4v) is 8.14. The molecular formula is C21H41N3O2S. The van der Waals surface area contributed by atoms with Crippen molar-refractivity contribution in [2.75, 3.05) is 20.6 Å². The maximum absolute atomic E-state index is 13.1. The Labute approximate surface area is 166 Å². The Balaban J connectivity index is 1.56. The molecule has 3 saturated carbocycles. The number of hydrogen-bond acceptors (Lipinski definition) is 4. The van der Waals surface area contributed by atoms with Gasteiger partial charge in [-0.25, -0.2) is 13.1 Å². The molecule has 158 valence electrons. The number of nitrogens with one attached hydrogen (secondary N) is 1. The van der Waals surface area contributed by atoms with E-state index >= 15 is 0 Å². The molecule has 3 N–H and O–H groups in total. The van der Waals surface area contributed by atoms with Gasteiger partial charge in [0.2, 0.25) is 10.0 Å². The Hall–Kier alpha value is -0.170. The lowest BCUT2D eigenvalue weighted by Gasteiger charge is -2.47. The average Bonchev–Trinajstić information content (AvgIpc) is 2.66. The first kappa shape index (κ1) is 21.5. The third-order valence-corrected chi connectivity index (χ3v) is 9.51. The zero-order valence-electron chi connectivity index (χ0n) is 17.4.